The number of nitrogens with one attached hydrogen (secondary N) is 1. The fourth-order valence-corrected chi connectivity index (χ4v) is 1.06. The highest BCUT2D eigenvalue weighted by molar-refractivity contribution is 5.67. The van der Waals surface area contributed by atoms with Gasteiger partial charge in [0.05, 0.1) is 6.54 Å². The van der Waals surface area contributed by atoms with Crippen molar-refractivity contribution >= 4 is 6.09 Å². The van der Waals surface area contributed by atoms with E-state index in [1.54, 1.807) is 20.8 Å². The number of aliphatic hydroxyl groups excluding tert-OH is 1. The van der Waals surface area contributed by atoms with Crippen LogP contribution in [-0.2, 0) is 11.3 Å². The van der Waals surface area contributed by atoms with Crippen molar-refractivity contribution in [1.82, 2.24) is 10.5 Å². The van der Waals surface area contributed by atoms with Gasteiger partial charge in [-0.05, 0) is 25.9 Å². The number of amides is 1. The first-order valence-corrected chi connectivity index (χ1v) is 5.57. The molecule has 2 N–H and O–H groups in total. The molecule has 0 aliphatic carbocycles. The molecule has 1 aromatic heterocycles. The van der Waals surface area contributed by atoms with Gasteiger partial charge in [0.1, 0.15) is 18.8 Å². The van der Waals surface area contributed by atoms with Crippen LogP contribution in [0.5, 0.6) is 5.88 Å². The van der Waals surface area contributed by atoms with E-state index >= 15 is 0 Å². The summed E-state index contributed by atoms with van der Waals surface area (Å²) >= 11 is 0. The smallest absolute Gasteiger partial charge is 0.407 e. The molecule has 7 heteroatoms. The molecule has 1 heterocycles. The molecule has 0 spiro atoms. The SMILES string of the molecule is CC(C)(C)OC(=O)NCCOc1cc(CO)on1. The minimum Gasteiger partial charge on any atom is -0.474 e. The van der Waals surface area contributed by atoms with Gasteiger partial charge < -0.3 is 24.4 Å². The predicted octanol–water partition coefficient (Wildman–Crippen LogP) is 1.07. The highest BCUT2D eigenvalue weighted by Crippen LogP contribution is 2.10. The molecule has 0 unspecified atom stereocenters. The number of rotatable bonds is 5. The molecule has 0 saturated heterocycles. The van der Waals surface area contributed by atoms with Crippen molar-refractivity contribution < 1.29 is 23.9 Å². The summed E-state index contributed by atoms with van der Waals surface area (Å²) in [5, 5.41) is 14.8. The number of nitrogens with zero attached hydrogens (tertiary/aromatic N) is 1. The largest absolute Gasteiger partial charge is 0.474 e. The number of hydrogen-bond donors (Lipinski definition) is 2. The Labute approximate surface area is 105 Å². The summed E-state index contributed by atoms with van der Waals surface area (Å²) in [7, 11) is 0. The van der Waals surface area contributed by atoms with E-state index in [1.165, 1.54) is 6.07 Å². The number of carbonyl (C=O) groups is 1. The highest BCUT2D eigenvalue weighted by atomic mass is 16.6. The van der Waals surface area contributed by atoms with Gasteiger partial charge in [-0.2, -0.15) is 0 Å². The van der Waals surface area contributed by atoms with Gasteiger partial charge in [0.2, 0.25) is 0 Å². The minimum atomic E-state index is -0.521. The van der Waals surface area contributed by atoms with E-state index in [0.29, 0.717) is 5.76 Å². The molecule has 0 radical (unpaired) electrons. The number of alkyl carbamates (subject to hydrolysis) is 1. The average molecular weight is 258 g/mol. The molecule has 1 rings (SSSR count). The maximum absolute atomic E-state index is 11.3. The van der Waals surface area contributed by atoms with Crippen LogP contribution < -0.4 is 10.1 Å². The van der Waals surface area contributed by atoms with Gasteiger partial charge in [0, 0.05) is 6.07 Å². The molecule has 0 atom stereocenters. The lowest BCUT2D eigenvalue weighted by Crippen LogP contribution is -2.34. The van der Waals surface area contributed by atoms with E-state index in [4.69, 9.17) is 19.1 Å². The van der Waals surface area contributed by atoms with Crippen LogP contribution in [0.15, 0.2) is 10.6 Å². The summed E-state index contributed by atoms with van der Waals surface area (Å²) in [4.78, 5) is 11.3. The van der Waals surface area contributed by atoms with Crippen LogP contribution in [0, 0.1) is 0 Å². The van der Waals surface area contributed by atoms with Crippen LogP contribution in [0.25, 0.3) is 0 Å². The third-order valence-corrected chi connectivity index (χ3v) is 1.71. The van der Waals surface area contributed by atoms with Gasteiger partial charge in [-0.15, -0.1) is 0 Å². The lowest BCUT2D eigenvalue weighted by atomic mass is 10.2. The van der Waals surface area contributed by atoms with Crippen molar-refractivity contribution in [3.63, 3.8) is 0 Å². The number of carbonyl (C=O) groups excluding carboxylic acids is 1. The highest BCUT2D eigenvalue weighted by Gasteiger charge is 2.15. The van der Waals surface area contributed by atoms with E-state index in [2.05, 4.69) is 10.5 Å². The first kappa shape index (κ1) is 14.3. The molecule has 0 aliphatic rings. The van der Waals surface area contributed by atoms with Crippen molar-refractivity contribution in [1.29, 1.82) is 0 Å². The van der Waals surface area contributed by atoms with E-state index in [9.17, 15) is 4.79 Å². The Morgan fingerprint density at radius 1 is 1.56 bits per heavy atom. The molecular weight excluding hydrogens is 240 g/mol. The summed E-state index contributed by atoms with van der Waals surface area (Å²) < 4.78 is 14.9. The van der Waals surface area contributed by atoms with Crippen LogP contribution in [0.2, 0.25) is 0 Å². The lowest BCUT2D eigenvalue weighted by Gasteiger charge is -2.19. The fourth-order valence-electron chi connectivity index (χ4n) is 1.06. The van der Waals surface area contributed by atoms with Gasteiger partial charge in [-0.1, -0.05) is 0 Å². The van der Waals surface area contributed by atoms with Crippen molar-refractivity contribution in [2.24, 2.45) is 0 Å². The summed E-state index contributed by atoms with van der Waals surface area (Å²) in [5.41, 5.74) is -0.521. The van der Waals surface area contributed by atoms with Crippen molar-refractivity contribution in [3.05, 3.63) is 11.8 Å². The molecule has 1 amide bonds. The molecule has 0 bridgehead atoms. The Morgan fingerprint density at radius 3 is 2.83 bits per heavy atom. The number of aromatic nitrogens is 1. The third-order valence-electron chi connectivity index (χ3n) is 1.71. The zero-order chi connectivity index (χ0) is 13.6. The topological polar surface area (TPSA) is 93.8 Å². The van der Waals surface area contributed by atoms with Gasteiger partial charge in [-0.3, -0.25) is 0 Å². The lowest BCUT2D eigenvalue weighted by molar-refractivity contribution is 0.0519. The fraction of sp³-hybridized carbons (Fsp3) is 0.636. The van der Waals surface area contributed by atoms with E-state index in [1.807, 2.05) is 0 Å². The van der Waals surface area contributed by atoms with Gasteiger partial charge in [-0.25, -0.2) is 4.79 Å². The zero-order valence-electron chi connectivity index (χ0n) is 10.7. The average Bonchev–Trinajstić information content (AvgIpc) is 2.70. The Kier molecular flexibility index (Phi) is 4.96. The second-order valence-electron chi connectivity index (χ2n) is 4.57. The zero-order valence-corrected chi connectivity index (χ0v) is 10.7. The Hall–Kier alpha value is -1.76. The van der Waals surface area contributed by atoms with E-state index in [0.717, 1.165) is 0 Å². The maximum atomic E-state index is 11.3. The predicted molar refractivity (Wildman–Crippen MR) is 62.2 cm³/mol. The first-order valence-electron chi connectivity index (χ1n) is 5.57. The van der Waals surface area contributed by atoms with Crippen LogP contribution in [-0.4, -0.2) is 35.1 Å². The normalized spacial score (nSPS) is 11.1. The van der Waals surface area contributed by atoms with Crippen LogP contribution >= 0.6 is 0 Å². The first-order chi connectivity index (χ1) is 8.40. The quantitative estimate of drug-likeness (QED) is 0.767. The molecule has 0 aromatic carbocycles. The Morgan fingerprint density at radius 2 is 2.28 bits per heavy atom. The minimum absolute atomic E-state index is 0.230. The van der Waals surface area contributed by atoms with E-state index < -0.39 is 11.7 Å². The van der Waals surface area contributed by atoms with Crippen LogP contribution in [0.4, 0.5) is 4.79 Å². The Balaban J connectivity index is 2.17. The molecule has 0 saturated carbocycles. The number of aliphatic hydroxyl groups is 1. The third kappa shape index (κ3) is 5.53. The van der Waals surface area contributed by atoms with Crippen LogP contribution in [0.1, 0.15) is 26.5 Å². The van der Waals surface area contributed by atoms with Gasteiger partial charge >= 0.3 is 6.09 Å². The standard InChI is InChI=1S/C11H18N2O5/c1-11(2,3)17-10(15)12-4-5-16-9-6-8(7-14)18-13-9/h6,14H,4-5,7H2,1-3H3,(H,12,15). The molecule has 0 aliphatic heterocycles. The number of hydrogen-bond acceptors (Lipinski definition) is 6. The molecule has 0 fully saturated rings. The summed E-state index contributed by atoms with van der Waals surface area (Å²) in [6.07, 6.45) is -0.498. The summed E-state index contributed by atoms with van der Waals surface area (Å²) in [6, 6.07) is 1.48. The van der Waals surface area contributed by atoms with Crippen molar-refractivity contribution in [2.45, 2.75) is 33.0 Å². The second kappa shape index (κ2) is 6.25. The van der Waals surface area contributed by atoms with Crippen molar-refractivity contribution in [3.8, 4) is 5.88 Å². The molecule has 102 valence electrons. The molecule has 18 heavy (non-hydrogen) atoms. The van der Waals surface area contributed by atoms with Crippen LogP contribution in [0.3, 0.4) is 0 Å². The number of ether oxygens (including phenoxy) is 2. The van der Waals surface area contributed by atoms with Crippen molar-refractivity contribution in [2.75, 3.05) is 13.2 Å². The monoisotopic (exact) mass is 258 g/mol. The second-order valence-corrected chi connectivity index (χ2v) is 4.57. The van der Waals surface area contributed by atoms with E-state index in [-0.39, 0.29) is 25.6 Å². The maximum Gasteiger partial charge on any atom is 0.407 e. The molecule has 7 nitrogen and oxygen atoms in total. The molecule has 1 aromatic rings. The van der Waals surface area contributed by atoms with Gasteiger partial charge in [0.25, 0.3) is 5.88 Å². The summed E-state index contributed by atoms with van der Waals surface area (Å²) in [5.74, 6) is 0.593. The van der Waals surface area contributed by atoms with Gasteiger partial charge in [0.15, 0.2) is 5.76 Å². The molecular formula is C11H18N2O5. The summed E-state index contributed by atoms with van der Waals surface area (Å²) in [6.45, 7) is 5.65. The Bertz CT molecular complexity index is 383.